The molecule has 0 aliphatic carbocycles. The second-order valence-electron chi connectivity index (χ2n) is 4.77. The van der Waals surface area contributed by atoms with Crippen molar-refractivity contribution in [2.75, 3.05) is 13.1 Å². The summed E-state index contributed by atoms with van der Waals surface area (Å²) in [5, 5.41) is 1.38. The Kier molecular flexibility index (Phi) is 2.97. The van der Waals surface area contributed by atoms with Crippen LogP contribution in [-0.2, 0) is 13.0 Å². The van der Waals surface area contributed by atoms with Crippen molar-refractivity contribution in [2.45, 2.75) is 26.3 Å². The normalized spacial score (nSPS) is 16.4. The first-order valence-electron chi connectivity index (χ1n) is 6.30. The van der Waals surface area contributed by atoms with Gasteiger partial charge in [-0.15, -0.1) is 0 Å². The standard InChI is InChI=1S/C14H17BrN2/c1-2-7-17-8-6-13-11(9-17)10-4-3-5-12(15)14(10)16-13/h3-5,16H,2,6-9H2,1H3. The molecule has 0 unspecified atom stereocenters. The van der Waals surface area contributed by atoms with Crippen LogP contribution in [0.25, 0.3) is 10.9 Å². The zero-order valence-corrected chi connectivity index (χ0v) is 11.7. The number of rotatable bonds is 2. The minimum Gasteiger partial charge on any atom is -0.357 e. The highest BCUT2D eigenvalue weighted by molar-refractivity contribution is 9.10. The van der Waals surface area contributed by atoms with E-state index in [4.69, 9.17) is 0 Å². The Bertz CT molecular complexity index is 544. The summed E-state index contributed by atoms with van der Waals surface area (Å²) >= 11 is 3.62. The van der Waals surface area contributed by atoms with Crippen LogP contribution in [0, 0.1) is 0 Å². The third-order valence-corrected chi connectivity index (χ3v) is 4.24. The summed E-state index contributed by atoms with van der Waals surface area (Å²) in [5.74, 6) is 0. The number of halogens is 1. The minimum atomic E-state index is 1.10. The average molecular weight is 293 g/mol. The van der Waals surface area contributed by atoms with Gasteiger partial charge in [0, 0.05) is 35.1 Å². The topological polar surface area (TPSA) is 19.0 Å². The van der Waals surface area contributed by atoms with E-state index < -0.39 is 0 Å². The predicted molar refractivity (Wildman–Crippen MR) is 75.3 cm³/mol. The van der Waals surface area contributed by atoms with Gasteiger partial charge in [-0.2, -0.15) is 0 Å². The maximum absolute atomic E-state index is 3.62. The number of fused-ring (bicyclic) bond motifs is 3. The Morgan fingerprint density at radius 1 is 1.41 bits per heavy atom. The van der Waals surface area contributed by atoms with Crippen LogP contribution in [-0.4, -0.2) is 23.0 Å². The fourth-order valence-corrected chi connectivity index (χ4v) is 3.23. The van der Waals surface area contributed by atoms with Gasteiger partial charge in [0.25, 0.3) is 0 Å². The lowest BCUT2D eigenvalue weighted by Crippen LogP contribution is -2.30. The van der Waals surface area contributed by atoms with E-state index in [9.17, 15) is 0 Å². The molecule has 2 heterocycles. The van der Waals surface area contributed by atoms with E-state index in [1.807, 2.05) is 0 Å². The van der Waals surface area contributed by atoms with Gasteiger partial charge >= 0.3 is 0 Å². The molecule has 90 valence electrons. The maximum atomic E-state index is 3.62. The van der Waals surface area contributed by atoms with E-state index in [1.165, 1.54) is 46.1 Å². The second-order valence-corrected chi connectivity index (χ2v) is 5.62. The van der Waals surface area contributed by atoms with Crippen molar-refractivity contribution in [2.24, 2.45) is 0 Å². The quantitative estimate of drug-likeness (QED) is 0.894. The molecule has 3 rings (SSSR count). The molecule has 1 aromatic carbocycles. The summed E-state index contributed by atoms with van der Waals surface area (Å²) < 4.78 is 1.17. The Balaban J connectivity index is 2.06. The molecule has 0 saturated carbocycles. The van der Waals surface area contributed by atoms with E-state index in [1.54, 1.807) is 0 Å². The van der Waals surface area contributed by atoms with Gasteiger partial charge in [-0.3, -0.25) is 4.90 Å². The van der Waals surface area contributed by atoms with E-state index in [2.05, 4.69) is 50.9 Å². The molecular formula is C14H17BrN2. The number of para-hydroxylation sites is 1. The van der Waals surface area contributed by atoms with Gasteiger partial charge in [0.2, 0.25) is 0 Å². The summed E-state index contributed by atoms with van der Waals surface area (Å²) in [6, 6.07) is 6.46. The Morgan fingerprint density at radius 2 is 2.29 bits per heavy atom. The molecular weight excluding hydrogens is 276 g/mol. The van der Waals surface area contributed by atoms with Crippen LogP contribution in [0.4, 0.5) is 0 Å². The predicted octanol–water partition coefficient (Wildman–Crippen LogP) is 3.70. The van der Waals surface area contributed by atoms with Crippen molar-refractivity contribution >= 4 is 26.8 Å². The number of aromatic nitrogens is 1. The summed E-state index contributed by atoms with van der Waals surface area (Å²) in [6.45, 7) is 5.74. The molecule has 1 N–H and O–H groups in total. The van der Waals surface area contributed by atoms with E-state index in [0.29, 0.717) is 0 Å². The van der Waals surface area contributed by atoms with E-state index in [0.717, 1.165) is 13.0 Å². The lowest BCUT2D eigenvalue weighted by molar-refractivity contribution is 0.255. The molecule has 0 fully saturated rings. The molecule has 2 aromatic rings. The molecule has 0 atom stereocenters. The molecule has 3 heteroatoms. The van der Waals surface area contributed by atoms with E-state index in [-0.39, 0.29) is 0 Å². The summed E-state index contributed by atoms with van der Waals surface area (Å²) in [6.07, 6.45) is 2.39. The van der Waals surface area contributed by atoms with Gasteiger partial charge in [-0.1, -0.05) is 19.1 Å². The van der Waals surface area contributed by atoms with Gasteiger partial charge in [-0.05, 0) is 40.5 Å². The maximum Gasteiger partial charge on any atom is 0.0603 e. The molecule has 17 heavy (non-hydrogen) atoms. The molecule has 1 aliphatic rings. The molecule has 0 bridgehead atoms. The Morgan fingerprint density at radius 3 is 3.12 bits per heavy atom. The fourth-order valence-electron chi connectivity index (χ4n) is 2.77. The molecule has 0 spiro atoms. The fraction of sp³-hybridized carbons (Fsp3) is 0.429. The summed E-state index contributed by atoms with van der Waals surface area (Å²) in [4.78, 5) is 6.13. The van der Waals surface area contributed by atoms with Crippen molar-refractivity contribution in [3.05, 3.63) is 33.9 Å². The number of benzene rings is 1. The van der Waals surface area contributed by atoms with Gasteiger partial charge < -0.3 is 4.98 Å². The van der Waals surface area contributed by atoms with E-state index >= 15 is 0 Å². The average Bonchev–Trinajstić information content (AvgIpc) is 2.70. The smallest absolute Gasteiger partial charge is 0.0603 e. The first kappa shape index (κ1) is 11.3. The number of hydrogen-bond acceptors (Lipinski definition) is 1. The first-order valence-corrected chi connectivity index (χ1v) is 7.09. The molecule has 2 nitrogen and oxygen atoms in total. The third kappa shape index (κ3) is 1.91. The highest BCUT2D eigenvalue weighted by atomic mass is 79.9. The number of aromatic amines is 1. The van der Waals surface area contributed by atoms with Crippen LogP contribution in [0.2, 0.25) is 0 Å². The highest BCUT2D eigenvalue weighted by Crippen LogP contribution is 2.31. The monoisotopic (exact) mass is 292 g/mol. The van der Waals surface area contributed by atoms with Crippen LogP contribution in [0.5, 0.6) is 0 Å². The Labute approximate surface area is 110 Å². The van der Waals surface area contributed by atoms with Crippen molar-refractivity contribution in [1.29, 1.82) is 0 Å². The third-order valence-electron chi connectivity index (χ3n) is 3.58. The van der Waals surface area contributed by atoms with Crippen molar-refractivity contribution < 1.29 is 0 Å². The van der Waals surface area contributed by atoms with Crippen molar-refractivity contribution in [1.82, 2.24) is 9.88 Å². The zero-order valence-electron chi connectivity index (χ0n) is 10.1. The highest BCUT2D eigenvalue weighted by Gasteiger charge is 2.20. The molecule has 1 aliphatic heterocycles. The molecule has 0 saturated heterocycles. The van der Waals surface area contributed by atoms with Gasteiger partial charge in [0.1, 0.15) is 0 Å². The summed E-state index contributed by atoms with van der Waals surface area (Å²) in [5.41, 5.74) is 4.19. The Hall–Kier alpha value is -0.800. The van der Waals surface area contributed by atoms with Gasteiger partial charge in [0.05, 0.1) is 5.52 Å². The van der Waals surface area contributed by atoms with Crippen LogP contribution in [0.1, 0.15) is 24.6 Å². The SMILES string of the molecule is CCCN1CCc2[nH]c3c(Br)cccc3c2C1. The molecule has 0 amide bonds. The number of nitrogens with zero attached hydrogens (tertiary/aromatic N) is 1. The van der Waals surface area contributed by atoms with Gasteiger partial charge in [-0.25, -0.2) is 0 Å². The number of nitrogens with one attached hydrogen (secondary N) is 1. The summed E-state index contributed by atoms with van der Waals surface area (Å²) in [7, 11) is 0. The second kappa shape index (κ2) is 4.46. The van der Waals surface area contributed by atoms with Crippen molar-refractivity contribution in [3.8, 4) is 0 Å². The number of H-pyrrole nitrogens is 1. The van der Waals surface area contributed by atoms with Crippen LogP contribution in [0.3, 0.4) is 0 Å². The zero-order chi connectivity index (χ0) is 11.8. The first-order chi connectivity index (χ1) is 8.29. The molecule has 1 aromatic heterocycles. The van der Waals surface area contributed by atoms with Crippen LogP contribution < -0.4 is 0 Å². The largest absolute Gasteiger partial charge is 0.357 e. The lowest BCUT2D eigenvalue weighted by atomic mass is 10.0. The van der Waals surface area contributed by atoms with Gasteiger partial charge in [0.15, 0.2) is 0 Å². The van der Waals surface area contributed by atoms with Crippen LogP contribution in [0.15, 0.2) is 22.7 Å². The van der Waals surface area contributed by atoms with Crippen LogP contribution >= 0.6 is 15.9 Å². The molecule has 0 radical (unpaired) electrons. The minimum absolute atomic E-state index is 1.10. The van der Waals surface area contributed by atoms with Crippen molar-refractivity contribution in [3.63, 3.8) is 0 Å². The lowest BCUT2D eigenvalue weighted by Gasteiger charge is -2.26. The number of hydrogen-bond donors (Lipinski definition) is 1.